The van der Waals surface area contributed by atoms with Crippen LogP contribution in [0, 0.1) is 0 Å². The summed E-state index contributed by atoms with van der Waals surface area (Å²) in [5.41, 5.74) is 1.09. The van der Waals surface area contributed by atoms with Crippen molar-refractivity contribution in [3.63, 3.8) is 0 Å². The predicted molar refractivity (Wildman–Crippen MR) is 75.1 cm³/mol. The Morgan fingerprint density at radius 3 is 2.50 bits per heavy atom. The van der Waals surface area contributed by atoms with Crippen LogP contribution >= 0.6 is 0 Å². The van der Waals surface area contributed by atoms with E-state index in [0.29, 0.717) is 5.92 Å². The molecule has 1 unspecified atom stereocenters. The molecule has 5 heteroatoms. The quantitative estimate of drug-likeness (QED) is 0.694. The molecule has 0 bridgehead atoms. The zero-order valence-corrected chi connectivity index (χ0v) is 11.7. The first-order valence-electron chi connectivity index (χ1n) is 6.54. The van der Waals surface area contributed by atoms with Crippen LogP contribution in [0.1, 0.15) is 45.1 Å². The molecule has 0 saturated carbocycles. The van der Waals surface area contributed by atoms with Gasteiger partial charge in [0, 0.05) is 19.2 Å². The average molecular weight is 252 g/mol. The molecule has 1 heterocycles. The van der Waals surface area contributed by atoms with Crippen molar-refractivity contribution in [3.05, 3.63) is 11.9 Å². The highest BCUT2D eigenvalue weighted by Gasteiger charge is 2.13. The minimum absolute atomic E-state index is 0.245. The van der Waals surface area contributed by atoms with Gasteiger partial charge in [-0.3, -0.25) is 0 Å². The van der Waals surface area contributed by atoms with Gasteiger partial charge in [0.1, 0.15) is 18.0 Å². The summed E-state index contributed by atoms with van der Waals surface area (Å²) in [6, 6.07) is 0. The van der Waals surface area contributed by atoms with Crippen LogP contribution < -0.4 is 10.6 Å². The zero-order valence-electron chi connectivity index (χ0n) is 11.7. The Hall–Kier alpha value is -1.36. The van der Waals surface area contributed by atoms with Gasteiger partial charge in [-0.05, 0) is 18.8 Å². The number of aromatic nitrogens is 2. The molecule has 0 aliphatic rings. The molecular weight excluding hydrogens is 228 g/mol. The molecule has 3 N–H and O–H groups in total. The minimum Gasteiger partial charge on any atom is -0.393 e. The first-order chi connectivity index (χ1) is 8.60. The topological polar surface area (TPSA) is 70.1 Å². The fraction of sp³-hybridized carbons (Fsp3) is 0.692. The molecule has 1 atom stereocenters. The van der Waals surface area contributed by atoms with E-state index in [1.54, 1.807) is 6.33 Å². The third-order valence-electron chi connectivity index (χ3n) is 2.94. The van der Waals surface area contributed by atoms with Crippen molar-refractivity contribution in [2.75, 3.05) is 24.2 Å². The highest BCUT2D eigenvalue weighted by Crippen LogP contribution is 2.27. The van der Waals surface area contributed by atoms with Crippen molar-refractivity contribution in [1.29, 1.82) is 0 Å². The van der Waals surface area contributed by atoms with E-state index in [1.807, 2.05) is 14.0 Å². The number of rotatable bonds is 7. The number of aliphatic hydroxyl groups excluding tert-OH is 1. The van der Waals surface area contributed by atoms with Crippen molar-refractivity contribution in [3.8, 4) is 0 Å². The molecule has 0 saturated heterocycles. The van der Waals surface area contributed by atoms with Gasteiger partial charge in [-0.15, -0.1) is 0 Å². The van der Waals surface area contributed by atoms with E-state index in [2.05, 4.69) is 34.4 Å². The number of hydrogen-bond donors (Lipinski definition) is 3. The smallest absolute Gasteiger partial charge is 0.134 e. The molecule has 1 aromatic heterocycles. The number of hydrogen-bond acceptors (Lipinski definition) is 5. The standard InChI is InChI=1S/C13H24N4O/c1-5-10(18)6-7-15-13-11(9(2)3)12(14-4)16-8-17-13/h8-10,18H,5-7H2,1-4H3,(H2,14,15,16,17). The predicted octanol–water partition coefficient (Wildman–Crippen LogP) is 2.21. The summed E-state index contributed by atoms with van der Waals surface area (Å²) in [7, 11) is 1.86. The van der Waals surface area contributed by atoms with E-state index in [4.69, 9.17) is 0 Å². The number of nitrogens with zero attached hydrogens (tertiary/aromatic N) is 2. The molecule has 5 nitrogen and oxygen atoms in total. The number of anilines is 2. The molecule has 0 aliphatic carbocycles. The summed E-state index contributed by atoms with van der Waals surface area (Å²) in [6.45, 7) is 6.93. The van der Waals surface area contributed by atoms with Gasteiger partial charge in [0.25, 0.3) is 0 Å². The van der Waals surface area contributed by atoms with Crippen molar-refractivity contribution >= 4 is 11.6 Å². The highest BCUT2D eigenvalue weighted by molar-refractivity contribution is 5.58. The summed E-state index contributed by atoms with van der Waals surface area (Å²) in [5, 5.41) is 15.9. The third kappa shape index (κ3) is 3.84. The second kappa shape index (κ2) is 7.16. The molecule has 0 fully saturated rings. The van der Waals surface area contributed by atoms with Gasteiger partial charge in [-0.25, -0.2) is 9.97 Å². The Balaban J connectivity index is 2.75. The largest absolute Gasteiger partial charge is 0.393 e. The monoisotopic (exact) mass is 252 g/mol. The summed E-state index contributed by atoms with van der Waals surface area (Å²) < 4.78 is 0. The Bertz CT molecular complexity index is 368. The molecular formula is C13H24N4O. The fourth-order valence-electron chi connectivity index (χ4n) is 1.84. The Kier molecular flexibility index (Phi) is 5.85. The van der Waals surface area contributed by atoms with Gasteiger partial charge < -0.3 is 15.7 Å². The van der Waals surface area contributed by atoms with Gasteiger partial charge in [0.05, 0.1) is 6.10 Å². The average Bonchev–Trinajstić information content (AvgIpc) is 2.37. The molecule has 0 spiro atoms. The lowest BCUT2D eigenvalue weighted by molar-refractivity contribution is 0.164. The highest BCUT2D eigenvalue weighted by atomic mass is 16.3. The fourth-order valence-corrected chi connectivity index (χ4v) is 1.84. The van der Waals surface area contributed by atoms with Crippen molar-refractivity contribution < 1.29 is 5.11 Å². The van der Waals surface area contributed by atoms with Crippen molar-refractivity contribution in [2.24, 2.45) is 0 Å². The molecule has 102 valence electrons. The van der Waals surface area contributed by atoms with E-state index < -0.39 is 0 Å². The first kappa shape index (κ1) is 14.7. The maximum atomic E-state index is 9.53. The van der Waals surface area contributed by atoms with E-state index in [-0.39, 0.29) is 6.10 Å². The second-order valence-electron chi connectivity index (χ2n) is 4.67. The Morgan fingerprint density at radius 1 is 1.28 bits per heavy atom. The van der Waals surface area contributed by atoms with Gasteiger partial charge in [-0.2, -0.15) is 0 Å². The van der Waals surface area contributed by atoms with Gasteiger partial charge in [-0.1, -0.05) is 20.8 Å². The van der Waals surface area contributed by atoms with Crippen LogP contribution in [0.5, 0.6) is 0 Å². The van der Waals surface area contributed by atoms with Gasteiger partial charge >= 0.3 is 0 Å². The summed E-state index contributed by atoms with van der Waals surface area (Å²) in [5.74, 6) is 2.05. The summed E-state index contributed by atoms with van der Waals surface area (Å²) >= 11 is 0. The minimum atomic E-state index is -0.245. The number of aliphatic hydroxyl groups is 1. The van der Waals surface area contributed by atoms with Crippen LogP contribution in [0.15, 0.2) is 6.33 Å². The van der Waals surface area contributed by atoms with E-state index in [0.717, 1.165) is 36.6 Å². The van der Waals surface area contributed by atoms with Crippen molar-refractivity contribution in [1.82, 2.24) is 9.97 Å². The summed E-state index contributed by atoms with van der Waals surface area (Å²) in [6.07, 6.45) is 2.82. The SMILES string of the molecule is CCC(O)CCNc1ncnc(NC)c1C(C)C. The maximum Gasteiger partial charge on any atom is 0.134 e. The number of nitrogens with one attached hydrogen (secondary N) is 2. The molecule has 1 aromatic rings. The lowest BCUT2D eigenvalue weighted by atomic mass is 10.0. The normalized spacial score (nSPS) is 12.6. The first-order valence-corrected chi connectivity index (χ1v) is 6.54. The maximum absolute atomic E-state index is 9.53. The van der Waals surface area contributed by atoms with Gasteiger partial charge in [0.15, 0.2) is 0 Å². The lowest BCUT2D eigenvalue weighted by Crippen LogP contribution is -2.15. The van der Waals surface area contributed by atoms with E-state index >= 15 is 0 Å². The Morgan fingerprint density at radius 2 is 1.94 bits per heavy atom. The Labute approximate surface area is 109 Å². The third-order valence-corrected chi connectivity index (χ3v) is 2.94. The van der Waals surface area contributed by atoms with Crippen LogP contribution in [-0.2, 0) is 0 Å². The van der Waals surface area contributed by atoms with Crippen LogP contribution in [0.25, 0.3) is 0 Å². The molecule has 0 radical (unpaired) electrons. The van der Waals surface area contributed by atoms with Gasteiger partial charge in [0.2, 0.25) is 0 Å². The van der Waals surface area contributed by atoms with Crippen LogP contribution in [-0.4, -0.2) is 34.8 Å². The lowest BCUT2D eigenvalue weighted by Gasteiger charge is -2.17. The van der Waals surface area contributed by atoms with Crippen molar-refractivity contribution in [2.45, 2.75) is 45.6 Å². The molecule has 1 rings (SSSR count). The van der Waals surface area contributed by atoms with Crippen LogP contribution in [0.2, 0.25) is 0 Å². The second-order valence-corrected chi connectivity index (χ2v) is 4.67. The zero-order chi connectivity index (χ0) is 13.5. The molecule has 0 aliphatic heterocycles. The molecule has 18 heavy (non-hydrogen) atoms. The summed E-state index contributed by atoms with van der Waals surface area (Å²) in [4.78, 5) is 8.51. The van der Waals surface area contributed by atoms with Crippen LogP contribution in [0.4, 0.5) is 11.6 Å². The van der Waals surface area contributed by atoms with Crippen LogP contribution in [0.3, 0.4) is 0 Å². The van der Waals surface area contributed by atoms with E-state index in [9.17, 15) is 5.11 Å². The molecule has 0 aromatic carbocycles. The van der Waals surface area contributed by atoms with E-state index in [1.165, 1.54) is 0 Å². The molecule has 0 amide bonds.